The number of alkyl carbamates (subject to hydrolysis) is 1. The van der Waals surface area contributed by atoms with Gasteiger partial charge in [-0.05, 0) is 111 Å². The van der Waals surface area contributed by atoms with E-state index < -0.39 is 66.1 Å². The number of benzene rings is 3. The Labute approximate surface area is 413 Å². The maximum Gasteiger partial charge on any atom is 0.407 e. The number of anilines is 2. The first-order valence-corrected chi connectivity index (χ1v) is 24.8. The number of ether oxygens (including phenoxy) is 1. The summed E-state index contributed by atoms with van der Waals surface area (Å²) in [5.74, 6) is -3.23. The lowest BCUT2D eigenvalue weighted by atomic mass is 9.95. The highest BCUT2D eigenvalue weighted by atomic mass is 19.4. The van der Waals surface area contributed by atoms with Gasteiger partial charge in [0.25, 0.3) is 0 Å². The van der Waals surface area contributed by atoms with Crippen molar-refractivity contribution < 1.29 is 51.0 Å². The topological polar surface area (TPSA) is 192 Å². The van der Waals surface area contributed by atoms with Crippen LogP contribution in [0.5, 0.6) is 0 Å². The molecule has 72 heavy (non-hydrogen) atoms. The Kier molecular flexibility index (Phi) is 14.0. The van der Waals surface area contributed by atoms with E-state index in [2.05, 4.69) is 20.6 Å². The fourth-order valence-electron chi connectivity index (χ4n) is 11.4. The molecule has 4 saturated heterocycles. The van der Waals surface area contributed by atoms with Gasteiger partial charge in [-0.1, -0.05) is 39.8 Å². The fourth-order valence-corrected chi connectivity index (χ4v) is 11.4. The summed E-state index contributed by atoms with van der Waals surface area (Å²) in [4.78, 5) is 74.9. The number of hydrogen-bond donors (Lipinski definition) is 5. The second-order valence-electron chi connectivity index (χ2n) is 20.3. The van der Waals surface area contributed by atoms with Crippen LogP contribution in [0.1, 0.15) is 126 Å². The molecule has 0 spiro atoms. The SMILES string of the molecule is COC(=O)N[C@H](C(=O)N1CCC[C@H]1c1nc2ccc([C@H]3CC[C@H](c4ccc5nc([C@@H]6CCCN6C(=O)[C@@H](NC(=O)O)C(C)C)[nH]c5c4)N3c3cc(F)c(N4CCC(C(F)(F)F)CC4)c(F)c3)cc2[nH]1)C(C)C. The van der Waals surface area contributed by atoms with Crippen molar-refractivity contribution in [1.82, 2.24) is 40.4 Å². The van der Waals surface area contributed by atoms with Crippen molar-refractivity contribution in [2.75, 3.05) is 43.1 Å². The lowest BCUT2D eigenvalue weighted by molar-refractivity contribution is -0.179. The average molecular weight is 1010 g/mol. The van der Waals surface area contributed by atoms with E-state index in [1.54, 1.807) is 23.6 Å². The van der Waals surface area contributed by atoms with Crippen molar-refractivity contribution in [2.24, 2.45) is 17.8 Å². The van der Waals surface area contributed by atoms with E-state index in [0.717, 1.165) is 17.5 Å². The van der Waals surface area contributed by atoms with Crippen LogP contribution < -0.4 is 20.4 Å². The summed E-state index contributed by atoms with van der Waals surface area (Å²) in [6, 6.07) is 10.6. The Bertz CT molecular complexity index is 2820. The van der Waals surface area contributed by atoms with Crippen LogP contribution in [0.2, 0.25) is 0 Å². The third kappa shape index (κ3) is 9.81. The standard InChI is InChI=1S/C51H61F5N10O6/c1-26(2)42(61-49(69)70)47(67)64-18-6-8-40(64)45-57-34-12-10-28(22-36(34)59-45)38-14-15-39(66(38)31-24-32(52)44(33(53)25-31)63-20-16-30(17-21-63)51(54,55)56)29-11-13-35-37(23-29)60-46(58-35)41-9-7-19-65(41)48(68)43(27(3)4)62-50(71)72-5/h10-13,22-27,30,38-43,61H,6-9,14-21H2,1-5H3,(H,57,59)(H,58,60)(H,62,71)(H,69,70)/t38-,39-,40+,41+,42+,43+/m1/s1. The number of carbonyl (C=O) groups is 4. The number of imidazole rings is 2. The third-order valence-corrected chi connectivity index (χ3v) is 15.1. The molecule has 0 aliphatic carbocycles. The number of amides is 4. The molecule has 4 aliphatic heterocycles. The molecule has 6 heterocycles. The normalized spacial score (nSPS) is 21.9. The quantitative estimate of drug-likeness (QED) is 0.0752. The van der Waals surface area contributed by atoms with Gasteiger partial charge in [0.15, 0.2) is 11.6 Å². The molecule has 0 unspecified atom stereocenters. The van der Waals surface area contributed by atoms with Crippen molar-refractivity contribution >= 4 is 57.4 Å². The summed E-state index contributed by atoms with van der Waals surface area (Å²) in [5.41, 5.74) is 4.19. The molecular formula is C51H61F5N10O6. The number of methoxy groups -OCH3 is 1. The number of halogens is 5. The van der Waals surface area contributed by atoms with Crippen LogP contribution in [0, 0.1) is 29.4 Å². The monoisotopic (exact) mass is 1000 g/mol. The van der Waals surface area contributed by atoms with E-state index in [0.29, 0.717) is 78.9 Å². The summed E-state index contributed by atoms with van der Waals surface area (Å²) in [5, 5.41) is 14.5. The minimum atomic E-state index is -4.39. The largest absolute Gasteiger partial charge is 0.465 e. The van der Waals surface area contributed by atoms with Gasteiger partial charge in [0.2, 0.25) is 11.8 Å². The molecule has 386 valence electrons. The number of aromatic amines is 2. The molecular weight excluding hydrogens is 944 g/mol. The molecule has 21 heteroatoms. The zero-order chi connectivity index (χ0) is 51.3. The molecule has 9 rings (SSSR count). The van der Waals surface area contributed by atoms with Crippen molar-refractivity contribution in [3.05, 3.63) is 82.9 Å². The van der Waals surface area contributed by atoms with E-state index in [9.17, 15) is 37.5 Å². The summed E-state index contributed by atoms with van der Waals surface area (Å²) in [6.45, 7) is 7.87. The highest BCUT2D eigenvalue weighted by Crippen LogP contribution is 2.49. The second kappa shape index (κ2) is 20.1. The number of piperidine rings is 1. The molecule has 4 aliphatic rings. The van der Waals surface area contributed by atoms with E-state index in [1.807, 2.05) is 55.1 Å². The van der Waals surface area contributed by atoms with Crippen molar-refractivity contribution in [3.8, 4) is 0 Å². The number of rotatable bonds is 12. The molecule has 0 bridgehead atoms. The van der Waals surface area contributed by atoms with Gasteiger partial charge in [0, 0.05) is 31.9 Å². The smallest absolute Gasteiger partial charge is 0.407 e. The van der Waals surface area contributed by atoms with E-state index >= 15 is 8.78 Å². The Balaban J connectivity index is 1.04. The molecule has 5 aromatic rings. The number of carbonyl (C=O) groups excluding carboxylic acids is 3. The number of fused-ring (bicyclic) bond motifs is 2. The third-order valence-electron chi connectivity index (χ3n) is 15.1. The van der Waals surface area contributed by atoms with Gasteiger partial charge in [0.1, 0.15) is 29.4 Å². The number of alkyl halides is 3. The first-order chi connectivity index (χ1) is 34.3. The van der Waals surface area contributed by atoms with Crippen LogP contribution in [0.25, 0.3) is 22.1 Å². The van der Waals surface area contributed by atoms with Crippen molar-refractivity contribution in [3.63, 3.8) is 0 Å². The Morgan fingerprint density at radius 1 is 0.681 bits per heavy atom. The van der Waals surface area contributed by atoms with Crippen LogP contribution in [-0.2, 0) is 14.3 Å². The zero-order valence-electron chi connectivity index (χ0n) is 40.9. The summed E-state index contributed by atoms with van der Waals surface area (Å²) < 4.78 is 78.4. The first-order valence-electron chi connectivity index (χ1n) is 24.8. The molecule has 4 fully saturated rings. The Morgan fingerprint density at radius 3 is 1.58 bits per heavy atom. The van der Waals surface area contributed by atoms with Gasteiger partial charge < -0.3 is 50.0 Å². The minimum Gasteiger partial charge on any atom is -0.465 e. The average Bonchev–Trinajstić information content (AvgIpc) is 4.20. The molecule has 0 radical (unpaired) electrons. The number of H-pyrrole nitrogens is 2. The molecule has 6 atom stereocenters. The van der Waals surface area contributed by atoms with Crippen LogP contribution in [-0.4, -0.2) is 110 Å². The molecule has 16 nitrogen and oxygen atoms in total. The zero-order valence-corrected chi connectivity index (χ0v) is 40.9. The number of carboxylic acid groups (broad SMARTS) is 1. The predicted molar refractivity (Wildman–Crippen MR) is 258 cm³/mol. The van der Waals surface area contributed by atoms with Crippen molar-refractivity contribution in [1.29, 1.82) is 0 Å². The highest BCUT2D eigenvalue weighted by Gasteiger charge is 2.44. The van der Waals surface area contributed by atoms with Crippen LogP contribution >= 0.6 is 0 Å². The summed E-state index contributed by atoms with van der Waals surface area (Å²) in [7, 11) is 1.24. The molecule has 5 N–H and O–H groups in total. The first kappa shape index (κ1) is 50.3. The van der Waals surface area contributed by atoms with Gasteiger partial charge in [0.05, 0.1) is 59.3 Å². The van der Waals surface area contributed by atoms with E-state index in [-0.39, 0.29) is 67.0 Å². The molecule has 2 aromatic heterocycles. The Hall–Kier alpha value is -6.67. The van der Waals surface area contributed by atoms with E-state index in [1.165, 1.54) is 24.1 Å². The van der Waals surface area contributed by atoms with Crippen LogP contribution in [0.3, 0.4) is 0 Å². The number of likely N-dealkylation sites (tertiary alicyclic amines) is 2. The van der Waals surface area contributed by atoms with Gasteiger partial charge in [-0.3, -0.25) is 9.59 Å². The van der Waals surface area contributed by atoms with E-state index in [4.69, 9.17) is 14.7 Å². The second-order valence-corrected chi connectivity index (χ2v) is 20.3. The lowest BCUT2D eigenvalue weighted by Gasteiger charge is -2.36. The molecule has 4 amide bonds. The number of aromatic nitrogens is 4. The lowest BCUT2D eigenvalue weighted by Crippen LogP contribution is -2.51. The maximum atomic E-state index is 16.5. The number of nitrogens with zero attached hydrogens (tertiary/aromatic N) is 6. The predicted octanol–water partition coefficient (Wildman–Crippen LogP) is 9.58. The van der Waals surface area contributed by atoms with Gasteiger partial charge in [-0.2, -0.15) is 13.2 Å². The van der Waals surface area contributed by atoms with Gasteiger partial charge >= 0.3 is 18.4 Å². The van der Waals surface area contributed by atoms with Gasteiger partial charge in [-0.25, -0.2) is 28.3 Å². The molecule has 3 aromatic carbocycles. The fraction of sp³-hybridized carbons (Fsp3) is 0.529. The maximum absolute atomic E-state index is 16.5. The van der Waals surface area contributed by atoms with Crippen molar-refractivity contribution in [2.45, 2.75) is 121 Å². The Morgan fingerprint density at radius 2 is 1.15 bits per heavy atom. The van der Waals surface area contributed by atoms with Crippen LogP contribution in [0.4, 0.5) is 42.9 Å². The summed E-state index contributed by atoms with van der Waals surface area (Å²) >= 11 is 0. The summed E-state index contributed by atoms with van der Waals surface area (Å²) in [6.07, 6.45) is -3.09. The number of nitrogens with one attached hydrogen (secondary N) is 4. The van der Waals surface area contributed by atoms with Crippen LogP contribution in [0.15, 0.2) is 48.5 Å². The highest BCUT2D eigenvalue weighted by molar-refractivity contribution is 5.87. The molecule has 0 saturated carbocycles. The minimum absolute atomic E-state index is 0.148. The number of hydrogen-bond acceptors (Lipinski definition) is 9. The van der Waals surface area contributed by atoms with Gasteiger partial charge in [-0.15, -0.1) is 0 Å².